The van der Waals surface area contributed by atoms with Crippen LogP contribution in [-0.2, 0) is 6.42 Å². The number of rotatable bonds is 3. The van der Waals surface area contributed by atoms with Crippen molar-refractivity contribution in [1.82, 2.24) is 4.98 Å². The fourth-order valence-corrected chi connectivity index (χ4v) is 1.53. The molecule has 0 amide bonds. The van der Waals surface area contributed by atoms with Gasteiger partial charge >= 0.3 is 0 Å². The van der Waals surface area contributed by atoms with Gasteiger partial charge in [-0.15, -0.1) is 0 Å². The highest BCUT2D eigenvalue weighted by atomic mass is 35.5. The molecule has 80 valence electrons. The predicted molar refractivity (Wildman–Crippen MR) is 68.4 cm³/mol. The third-order valence-electron chi connectivity index (χ3n) is 2.23. The van der Waals surface area contributed by atoms with Gasteiger partial charge in [0.2, 0.25) is 0 Å². The van der Waals surface area contributed by atoms with E-state index in [0.29, 0.717) is 0 Å². The number of hydrogen-bond acceptors (Lipinski definition) is 1. The Balaban J connectivity index is 1.98. The smallest absolute Gasteiger partial charge is 0.0441 e. The maximum Gasteiger partial charge on any atom is 0.0441 e. The first-order valence-corrected chi connectivity index (χ1v) is 5.54. The third-order valence-corrected chi connectivity index (χ3v) is 2.49. The molecule has 0 aliphatic rings. The monoisotopic (exact) mass is 229 g/mol. The van der Waals surface area contributed by atoms with Gasteiger partial charge in [0.1, 0.15) is 0 Å². The predicted octanol–water partition coefficient (Wildman–Crippen LogP) is 3.99. The lowest BCUT2D eigenvalue weighted by Crippen LogP contribution is -1.84. The van der Waals surface area contributed by atoms with Gasteiger partial charge in [-0.1, -0.05) is 42.0 Å². The minimum atomic E-state index is 0.766. The molecular weight excluding hydrogens is 218 g/mol. The van der Waals surface area contributed by atoms with Gasteiger partial charge in [-0.2, -0.15) is 0 Å². The van der Waals surface area contributed by atoms with Crippen LogP contribution in [0.3, 0.4) is 0 Å². The van der Waals surface area contributed by atoms with E-state index in [-0.39, 0.29) is 0 Å². The Morgan fingerprint density at radius 1 is 1.06 bits per heavy atom. The minimum absolute atomic E-state index is 0.766. The molecule has 1 aromatic heterocycles. The van der Waals surface area contributed by atoms with Crippen LogP contribution in [0.15, 0.2) is 54.7 Å². The number of hydrogen-bond donors (Lipinski definition) is 0. The fraction of sp³-hybridized carbons (Fsp3) is 0.0714. The highest BCUT2D eigenvalue weighted by Crippen LogP contribution is 2.10. The summed E-state index contributed by atoms with van der Waals surface area (Å²) < 4.78 is 0. The van der Waals surface area contributed by atoms with Crippen molar-refractivity contribution >= 4 is 17.7 Å². The van der Waals surface area contributed by atoms with E-state index in [1.54, 1.807) is 0 Å². The Hall–Kier alpha value is -1.60. The van der Waals surface area contributed by atoms with Gasteiger partial charge in [-0.25, -0.2) is 0 Å². The Kier molecular flexibility index (Phi) is 3.73. The van der Waals surface area contributed by atoms with E-state index in [1.165, 1.54) is 0 Å². The number of halogens is 1. The summed E-state index contributed by atoms with van der Waals surface area (Å²) in [6.45, 7) is 0. The Morgan fingerprint density at radius 3 is 2.56 bits per heavy atom. The Morgan fingerprint density at radius 2 is 1.88 bits per heavy atom. The Bertz CT molecular complexity index is 460. The molecule has 2 rings (SSSR count). The maximum atomic E-state index is 5.81. The largest absolute Gasteiger partial charge is 0.261 e. The van der Waals surface area contributed by atoms with E-state index in [9.17, 15) is 0 Å². The lowest BCUT2D eigenvalue weighted by Gasteiger charge is -1.95. The van der Waals surface area contributed by atoms with Crippen molar-refractivity contribution in [3.63, 3.8) is 0 Å². The number of pyridine rings is 1. The molecule has 0 radical (unpaired) electrons. The van der Waals surface area contributed by atoms with Crippen LogP contribution in [0.2, 0.25) is 5.02 Å². The molecule has 0 aliphatic carbocycles. The zero-order valence-electron chi connectivity index (χ0n) is 8.81. The van der Waals surface area contributed by atoms with Crippen molar-refractivity contribution in [2.75, 3.05) is 0 Å². The summed E-state index contributed by atoms with van der Waals surface area (Å²) in [5, 5.41) is 0.766. The SMILES string of the molecule is Clc1ccc(C=CCc2ccccn2)cc1. The molecule has 0 bridgehead atoms. The average molecular weight is 230 g/mol. The van der Waals surface area contributed by atoms with Gasteiger partial charge in [0, 0.05) is 23.3 Å². The van der Waals surface area contributed by atoms with Crippen LogP contribution < -0.4 is 0 Å². The van der Waals surface area contributed by atoms with Gasteiger partial charge in [0.05, 0.1) is 0 Å². The second-order valence-electron chi connectivity index (χ2n) is 3.48. The van der Waals surface area contributed by atoms with Crippen LogP contribution in [0.1, 0.15) is 11.3 Å². The molecule has 0 spiro atoms. The average Bonchev–Trinajstić information content (AvgIpc) is 2.33. The van der Waals surface area contributed by atoms with Crippen LogP contribution in [-0.4, -0.2) is 4.98 Å². The number of nitrogens with zero attached hydrogens (tertiary/aromatic N) is 1. The van der Waals surface area contributed by atoms with Crippen LogP contribution in [0.25, 0.3) is 6.08 Å². The van der Waals surface area contributed by atoms with Crippen molar-refractivity contribution in [2.24, 2.45) is 0 Å². The van der Waals surface area contributed by atoms with Crippen LogP contribution >= 0.6 is 11.6 Å². The second kappa shape index (κ2) is 5.47. The first-order valence-electron chi connectivity index (χ1n) is 5.16. The van der Waals surface area contributed by atoms with E-state index in [4.69, 9.17) is 11.6 Å². The molecule has 16 heavy (non-hydrogen) atoms. The third kappa shape index (κ3) is 3.21. The minimum Gasteiger partial charge on any atom is -0.261 e. The zero-order valence-corrected chi connectivity index (χ0v) is 9.56. The molecule has 0 saturated heterocycles. The number of allylic oxidation sites excluding steroid dienone is 1. The van der Waals surface area contributed by atoms with Gasteiger partial charge in [0.15, 0.2) is 0 Å². The molecule has 2 aromatic rings. The van der Waals surface area contributed by atoms with Crippen LogP contribution in [0.5, 0.6) is 0 Å². The highest BCUT2D eigenvalue weighted by Gasteiger charge is 1.89. The molecule has 0 aliphatic heterocycles. The standard InChI is InChI=1S/C14H12ClN/c15-13-9-7-12(8-10-13)4-3-6-14-5-1-2-11-16-14/h1-5,7-11H,6H2. The molecular formula is C14H12ClN. The molecule has 0 atom stereocenters. The summed E-state index contributed by atoms with van der Waals surface area (Å²) >= 11 is 5.81. The quantitative estimate of drug-likeness (QED) is 0.776. The summed E-state index contributed by atoms with van der Waals surface area (Å²) in [5.41, 5.74) is 2.23. The Labute approximate surface area is 100 Å². The molecule has 0 fully saturated rings. The van der Waals surface area contributed by atoms with Gasteiger partial charge in [-0.3, -0.25) is 4.98 Å². The molecule has 1 aromatic carbocycles. The van der Waals surface area contributed by atoms with Gasteiger partial charge in [0.25, 0.3) is 0 Å². The van der Waals surface area contributed by atoms with Crippen LogP contribution in [0.4, 0.5) is 0 Å². The van der Waals surface area contributed by atoms with Crippen LogP contribution in [0, 0.1) is 0 Å². The van der Waals surface area contributed by atoms with E-state index in [1.807, 2.05) is 48.7 Å². The molecule has 0 unspecified atom stereocenters. The first kappa shape index (κ1) is 10.9. The maximum absolute atomic E-state index is 5.81. The van der Waals surface area contributed by atoms with Gasteiger partial charge < -0.3 is 0 Å². The lowest BCUT2D eigenvalue weighted by molar-refractivity contribution is 1.11. The van der Waals surface area contributed by atoms with E-state index >= 15 is 0 Å². The first-order chi connectivity index (χ1) is 7.84. The lowest BCUT2D eigenvalue weighted by atomic mass is 10.2. The van der Waals surface area contributed by atoms with Crippen molar-refractivity contribution in [3.05, 3.63) is 71.0 Å². The molecule has 1 nitrogen and oxygen atoms in total. The van der Waals surface area contributed by atoms with Crippen molar-refractivity contribution < 1.29 is 0 Å². The van der Waals surface area contributed by atoms with Crippen molar-refractivity contribution in [2.45, 2.75) is 6.42 Å². The van der Waals surface area contributed by atoms with E-state index in [2.05, 4.69) is 17.1 Å². The highest BCUT2D eigenvalue weighted by molar-refractivity contribution is 6.30. The summed E-state index contributed by atoms with van der Waals surface area (Å²) in [7, 11) is 0. The molecule has 2 heteroatoms. The normalized spacial score (nSPS) is 10.8. The van der Waals surface area contributed by atoms with Crippen molar-refractivity contribution in [1.29, 1.82) is 0 Å². The van der Waals surface area contributed by atoms with Gasteiger partial charge in [-0.05, 0) is 29.8 Å². The summed E-state index contributed by atoms with van der Waals surface area (Å²) in [6, 6.07) is 13.7. The second-order valence-corrected chi connectivity index (χ2v) is 3.92. The van der Waals surface area contributed by atoms with E-state index < -0.39 is 0 Å². The molecule has 0 N–H and O–H groups in total. The summed E-state index contributed by atoms with van der Waals surface area (Å²) in [6.07, 6.45) is 6.84. The fourth-order valence-electron chi connectivity index (χ4n) is 1.41. The molecule has 0 saturated carbocycles. The van der Waals surface area contributed by atoms with Crippen molar-refractivity contribution in [3.8, 4) is 0 Å². The number of benzene rings is 1. The number of aromatic nitrogens is 1. The summed E-state index contributed by atoms with van der Waals surface area (Å²) in [4.78, 5) is 4.25. The summed E-state index contributed by atoms with van der Waals surface area (Å²) in [5.74, 6) is 0. The van der Waals surface area contributed by atoms with E-state index in [0.717, 1.165) is 22.7 Å². The zero-order chi connectivity index (χ0) is 11.2. The molecule has 1 heterocycles. The topological polar surface area (TPSA) is 12.9 Å².